The molecule has 1 amide bonds. The first-order valence-corrected chi connectivity index (χ1v) is 11.2. The summed E-state index contributed by atoms with van der Waals surface area (Å²) in [6.45, 7) is 0.321. The van der Waals surface area contributed by atoms with Crippen molar-refractivity contribution in [3.05, 3.63) is 112 Å². The zero-order chi connectivity index (χ0) is 23.5. The van der Waals surface area contributed by atoms with Crippen LogP contribution in [0.2, 0.25) is 10.0 Å². The van der Waals surface area contributed by atoms with Gasteiger partial charge in [-0.1, -0.05) is 83.9 Å². The summed E-state index contributed by atoms with van der Waals surface area (Å²) >= 11 is 12.9. The molecule has 0 bridgehead atoms. The predicted octanol–water partition coefficient (Wildman–Crippen LogP) is 7.24. The van der Waals surface area contributed by atoms with Crippen LogP contribution in [0.5, 0.6) is 5.75 Å². The van der Waals surface area contributed by atoms with Crippen LogP contribution in [0, 0.1) is 0 Å². The molecular weight excluding hydrogens is 471 g/mol. The van der Waals surface area contributed by atoms with E-state index in [-0.39, 0.29) is 5.76 Å². The number of rotatable bonds is 6. The van der Waals surface area contributed by atoms with E-state index in [2.05, 4.69) is 28.7 Å². The number of halogens is 2. The lowest BCUT2D eigenvalue weighted by Gasteiger charge is -2.12. The molecule has 168 valence electrons. The molecule has 5 nitrogen and oxygen atoms in total. The largest absolute Gasteiger partial charge is 0.486 e. The third-order valence-electron chi connectivity index (χ3n) is 5.30. The molecule has 0 atom stereocenters. The average Bonchev–Trinajstić information content (AvgIpc) is 3.28. The number of carbonyl (C=O) groups is 1. The highest BCUT2D eigenvalue weighted by atomic mass is 35.5. The number of amides is 1. The molecule has 0 aliphatic heterocycles. The maximum atomic E-state index is 12.3. The molecule has 0 fully saturated rings. The van der Waals surface area contributed by atoms with Gasteiger partial charge in [0.15, 0.2) is 11.5 Å². The van der Waals surface area contributed by atoms with Gasteiger partial charge in [-0.15, -0.1) is 0 Å². The van der Waals surface area contributed by atoms with E-state index in [9.17, 15) is 4.79 Å². The van der Waals surface area contributed by atoms with E-state index in [1.54, 1.807) is 24.3 Å². The normalized spacial score (nSPS) is 11.4. The van der Waals surface area contributed by atoms with Gasteiger partial charge in [-0.2, -0.15) is 5.10 Å². The minimum atomic E-state index is -0.459. The molecule has 1 aromatic heterocycles. The number of furan rings is 1. The topological polar surface area (TPSA) is 63.8 Å². The average molecular weight is 489 g/mol. The quantitative estimate of drug-likeness (QED) is 0.202. The van der Waals surface area contributed by atoms with Crippen molar-refractivity contribution in [2.45, 2.75) is 6.61 Å². The third-order valence-corrected chi connectivity index (χ3v) is 5.86. The van der Waals surface area contributed by atoms with Gasteiger partial charge in [0.1, 0.15) is 12.2 Å². The molecule has 0 aliphatic carbocycles. The Balaban J connectivity index is 1.27. The maximum absolute atomic E-state index is 12.3. The summed E-state index contributed by atoms with van der Waals surface area (Å²) in [4.78, 5) is 12.3. The van der Waals surface area contributed by atoms with Crippen LogP contribution in [-0.4, -0.2) is 12.1 Å². The minimum Gasteiger partial charge on any atom is -0.486 e. The first-order chi connectivity index (χ1) is 16.6. The van der Waals surface area contributed by atoms with Crippen molar-refractivity contribution in [2.75, 3.05) is 0 Å². The molecule has 1 heterocycles. The van der Waals surface area contributed by atoms with Crippen molar-refractivity contribution in [1.29, 1.82) is 0 Å². The van der Waals surface area contributed by atoms with Crippen molar-refractivity contribution in [3.63, 3.8) is 0 Å². The number of hydrogen-bond donors (Lipinski definition) is 1. The Hall–Kier alpha value is -3.80. The van der Waals surface area contributed by atoms with Crippen LogP contribution in [0.15, 0.2) is 94.4 Å². The molecule has 5 aromatic rings. The van der Waals surface area contributed by atoms with Crippen molar-refractivity contribution >= 4 is 57.1 Å². The van der Waals surface area contributed by atoms with Crippen LogP contribution in [0.3, 0.4) is 0 Å². The third kappa shape index (κ3) is 4.62. The first-order valence-electron chi connectivity index (χ1n) is 10.5. The zero-order valence-electron chi connectivity index (χ0n) is 17.8. The second-order valence-electron chi connectivity index (χ2n) is 7.59. The molecule has 0 aliphatic rings. The van der Waals surface area contributed by atoms with E-state index in [1.807, 2.05) is 42.5 Å². The van der Waals surface area contributed by atoms with Gasteiger partial charge in [0.25, 0.3) is 0 Å². The minimum absolute atomic E-state index is 0.173. The molecule has 0 unspecified atom stereocenters. The van der Waals surface area contributed by atoms with E-state index < -0.39 is 5.91 Å². The summed E-state index contributed by atoms with van der Waals surface area (Å²) in [5, 5.41) is 7.77. The first kappa shape index (κ1) is 22.0. The molecular formula is C27H18Cl2N2O3. The van der Waals surface area contributed by atoms with Crippen LogP contribution in [0.4, 0.5) is 0 Å². The molecule has 1 N–H and O–H groups in total. The van der Waals surface area contributed by atoms with Gasteiger partial charge in [0, 0.05) is 5.39 Å². The second-order valence-corrected chi connectivity index (χ2v) is 8.40. The highest BCUT2D eigenvalue weighted by Crippen LogP contribution is 2.35. The highest BCUT2D eigenvalue weighted by molar-refractivity contribution is 6.37. The van der Waals surface area contributed by atoms with Crippen LogP contribution in [0.1, 0.15) is 21.7 Å². The number of nitrogens with zero attached hydrogens (tertiary/aromatic N) is 1. The lowest BCUT2D eigenvalue weighted by Crippen LogP contribution is -2.16. The fourth-order valence-corrected chi connectivity index (χ4v) is 4.29. The maximum Gasteiger partial charge on any atom is 0.307 e. The van der Waals surface area contributed by atoms with E-state index in [4.69, 9.17) is 32.4 Å². The summed E-state index contributed by atoms with van der Waals surface area (Å²) < 4.78 is 11.5. The molecule has 0 spiro atoms. The number of fused-ring (bicyclic) bond motifs is 2. The van der Waals surface area contributed by atoms with Gasteiger partial charge in [0.2, 0.25) is 0 Å². The van der Waals surface area contributed by atoms with Gasteiger partial charge < -0.3 is 9.15 Å². The zero-order valence-corrected chi connectivity index (χ0v) is 19.3. The Morgan fingerprint density at radius 3 is 2.41 bits per heavy atom. The van der Waals surface area contributed by atoms with Crippen molar-refractivity contribution in [1.82, 2.24) is 5.43 Å². The Morgan fingerprint density at radius 2 is 1.62 bits per heavy atom. The van der Waals surface area contributed by atoms with E-state index >= 15 is 0 Å². The Kier molecular flexibility index (Phi) is 6.21. The van der Waals surface area contributed by atoms with Crippen LogP contribution in [-0.2, 0) is 6.61 Å². The molecule has 0 saturated heterocycles. The molecule has 0 radical (unpaired) electrons. The summed E-state index contributed by atoms with van der Waals surface area (Å²) in [7, 11) is 0. The number of carbonyl (C=O) groups excluding carboxylic acids is 1. The van der Waals surface area contributed by atoms with E-state index in [0.29, 0.717) is 33.5 Å². The van der Waals surface area contributed by atoms with Gasteiger partial charge >= 0.3 is 5.91 Å². The van der Waals surface area contributed by atoms with Crippen molar-refractivity contribution < 1.29 is 13.9 Å². The molecule has 7 heteroatoms. The van der Waals surface area contributed by atoms with Crippen LogP contribution < -0.4 is 10.2 Å². The van der Waals surface area contributed by atoms with E-state index in [0.717, 1.165) is 21.7 Å². The lowest BCUT2D eigenvalue weighted by atomic mass is 10.1. The van der Waals surface area contributed by atoms with Gasteiger partial charge in [0.05, 0.1) is 16.3 Å². The Bertz CT molecular complexity index is 1480. The Labute approximate surface area is 205 Å². The summed E-state index contributed by atoms with van der Waals surface area (Å²) in [5.74, 6) is 0.103. The molecule has 0 saturated carbocycles. The SMILES string of the molecule is O=C(N/N=C/c1cc(Cl)c(OCc2cccc3ccccc23)c(Cl)c1)c1cc2ccccc2o1. The van der Waals surface area contributed by atoms with Gasteiger partial charge in [-0.25, -0.2) is 5.43 Å². The number of ether oxygens (including phenoxy) is 1. The monoisotopic (exact) mass is 488 g/mol. The number of hydrazone groups is 1. The molecule has 4 aromatic carbocycles. The summed E-state index contributed by atoms with van der Waals surface area (Å²) in [6, 6.07) is 26.5. The summed E-state index contributed by atoms with van der Waals surface area (Å²) in [5.41, 5.74) is 4.72. The van der Waals surface area contributed by atoms with Crippen LogP contribution in [0.25, 0.3) is 21.7 Å². The van der Waals surface area contributed by atoms with Gasteiger partial charge in [-0.3, -0.25) is 4.79 Å². The number of hydrogen-bond acceptors (Lipinski definition) is 4. The highest BCUT2D eigenvalue weighted by Gasteiger charge is 2.12. The fourth-order valence-electron chi connectivity index (χ4n) is 3.67. The standard InChI is InChI=1S/C27H18Cl2N2O3/c28-22-12-17(15-30-31-27(32)25-14-19-7-2-4-11-24(19)34-25)13-23(29)26(22)33-16-20-9-5-8-18-6-1-3-10-21(18)20/h1-15H,16H2,(H,31,32)/b30-15+. The smallest absolute Gasteiger partial charge is 0.307 e. The van der Waals surface area contributed by atoms with Crippen molar-refractivity contribution in [2.24, 2.45) is 5.10 Å². The lowest BCUT2D eigenvalue weighted by molar-refractivity contribution is 0.0929. The Morgan fingerprint density at radius 1 is 0.912 bits per heavy atom. The fraction of sp³-hybridized carbons (Fsp3) is 0.0370. The van der Waals surface area contributed by atoms with Gasteiger partial charge in [-0.05, 0) is 46.2 Å². The molecule has 5 rings (SSSR count). The van der Waals surface area contributed by atoms with Crippen molar-refractivity contribution in [3.8, 4) is 5.75 Å². The number of para-hydroxylation sites is 1. The van der Waals surface area contributed by atoms with Crippen LogP contribution >= 0.6 is 23.2 Å². The number of benzene rings is 4. The summed E-state index contributed by atoms with van der Waals surface area (Å²) in [6.07, 6.45) is 1.45. The predicted molar refractivity (Wildman–Crippen MR) is 136 cm³/mol. The molecule has 34 heavy (non-hydrogen) atoms. The number of nitrogens with one attached hydrogen (secondary N) is 1. The van der Waals surface area contributed by atoms with E-state index in [1.165, 1.54) is 6.21 Å². The second kappa shape index (κ2) is 9.59.